The summed E-state index contributed by atoms with van der Waals surface area (Å²) in [6.45, 7) is 12.9. The molecule has 2 bridgehead atoms. The van der Waals surface area contributed by atoms with Crippen molar-refractivity contribution in [2.75, 3.05) is 26.3 Å². The lowest BCUT2D eigenvalue weighted by Gasteiger charge is -2.41. The van der Waals surface area contributed by atoms with Crippen molar-refractivity contribution in [2.45, 2.75) is 114 Å². The van der Waals surface area contributed by atoms with Gasteiger partial charge in [0.2, 0.25) is 11.8 Å². The van der Waals surface area contributed by atoms with Crippen molar-refractivity contribution >= 4 is 17.8 Å². The van der Waals surface area contributed by atoms with E-state index in [1.165, 1.54) is 6.42 Å². The van der Waals surface area contributed by atoms with Gasteiger partial charge in [-0.2, -0.15) is 0 Å². The summed E-state index contributed by atoms with van der Waals surface area (Å²) in [5, 5.41) is 9.29. The lowest BCUT2D eigenvalue weighted by atomic mass is 9.62. The molecule has 3 aliphatic heterocycles. The first kappa shape index (κ1) is 30.8. The molecule has 1 N–H and O–H groups in total. The Morgan fingerprint density at radius 1 is 1.12 bits per heavy atom. The predicted molar refractivity (Wildman–Crippen MR) is 153 cm³/mol. The molecule has 1 aliphatic carbocycles. The second-order valence-corrected chi connectivity index (χ2v) is 12.5. The molecule has 8 nitrogen and oxygen atoms in total. The highest BCUT2D eigenvalue weighted by Crippen LogP contribution is 2.65. The normalized spacial score (nSPS) is 33.2. The second kappa shape index (κ2) is 13.2. The maximum Gasteiger partial charge on any atom is 0.312 e. The van der Waals surface area contributed by atoms with Gasteiger partial charge in [-0.15, -0.1) is 13.2 Å². The quantitative estimate of drug-likeness (QED) is 0.182. The van der Waals surface area contributed by atoms with Crippen LogP contribution in [0.1, 0.15) is 90.9 Å². The molecular weight excluding hydrogens is 508 g/mol. The first-order valence-corrected chi connectivity index (χ1v) is 15.6. The minimum atomic E-state index is -1.06. The molecule has 0 aromatic heterocycles. The number of fused-ring (bicyclic) bond motifs is 1. The Hall–Kier alpha value is -2.19. The maximum absolute atomic E-state index is 14.6. The van der Waals surface area contributed by atoms with E-state index in [0.29, 0.717) is 39.0 Å². The summed E-state index contributed by atoms with van der Waals surface area (Å²) in [5.74, 6) is -2.14. The Morgan fingerprint density at radius 2 is 1.88 bits per heavy atom. The summed E-state index contributed by atoms with van der Waals surface area (Å²) in [6.07, 6.45) is 14.0. The lowest BCUT2D eigenvalue weighted by molar-refractivity contribution is -0.162. The Morgan fingerprint density at radius 3 is 2.55 bits per heavy atom. The SMILES string of the molecule is C=CCCCCOC(=O)[C@@H]1[C@H]2C(=O)N(CCCCCO)C(C(=O)N(CC=C)C3CCCCC3)C23CC(C)[C@@]1(C)O3. The number of hydrogen-bond acceptors (Lipinski definition) is 6. The van der Waals surface area contributed by atoms with E-state index < -0.39 is 35.0 Å². The van der Waals surface area contributed by atoms with Crippen LogP contribution in [0.4, 0.5) is 0 Å². The first-order chi connectivity index (χ1) is 19.3. The molecule has 2 amide bonds. The summed E-state index contributed by atoms with van der Waals surface area (Å²) in [5.41, 5.74) is -1.92. The number of carbonyl (C=O) groups excluding carboxylic acids is 3. The summed E-state index contributed by atoms with van der Waals surface area (Å²) in [6, 6.07) is -0.667. The molecule has 40 heavy (non-hydrogen) atoms. The molecule has 1 saturated carbocycles. The van der Waals surface area contributed by atoms with Crippen LogP contribution in [-0.4, -0.2) is 82.3 Å². The fourth-order valence-corrected chi connectivity index (χ4v) is 7.95. The van der Waals surface area contributed by atoms with Crippen molar-refractivity contribution in [1.82, 2.24) is 9.80 Å². The third-order valence-corrected chi connectivity index (χ3v) is 10.0. The van der Waals surface area contributed by atoms with E-state index in [2.05, 4.69) is 20.1 Å². The third-order valence-electron chi connectivity index (χ3n) is 10.0. The minimum Gasteiger partial charge on any atom is -0.465 e. The number of aliphatic hydroxyl groups is 1. The van der Waals surface area contributed by atoms with Crippen LogP contribution in [-0.2, 0) is 23.9 Å². The van der Waals surface area contributed by atoms with Gasteiger partial charge in [0.15, 0.2) is 0 Å². The topological polar surface area (TPSA) is 96.4 Å². The van der Waals surface area contributed by atoms with E-state index >= 15 is 0 Å². The van der Waals surface area contributed by atoms with E-state index in [9.17, 15) is 19.5 Å². The van der Waals surface area contributed by atoms with Gasteiger partial charge in [-0.25, -0.2) is 0 Å². The van der Waals surface area contributed by atoms with Crippen LogP contribution in [0.25, 0.3) is 0 Å². The van der Waals surface area contributed by atoms with Gasteiger partial charge in [0.1, 0.15) is 17.6 Å². The van der Waals surface area contributed by atoms with E-state index in [1.807, 2.05) is 17.9 Å². The fraction of sp³-hybridized carbons (Fsp3) is 0.781. The molecule has 3 saturated heterocycles. The first-order valence-electron chi connectivity index (χ1n) is 15.6. The van der Waals surface area contributed by atoms with Gasteiger partial charge in [-0.05, 0) is 70.6 Å². The molecule has 6 atom stereocenters. The molecule has 1 spiro atoms. The van der Waals surface area contributed by atoms with Gasteiger partial charge >= 0.3 is 5.97 Å². The summed E-state index contributed by atoms with van der Waals surface area (Å²) >= 11 is 0. The minimum absolute atomic E-state index is 0.0120. The zero-order valence-electron chi connectivity index (χ0n) is 24.7. The van der Waals surface area contributed by atoms with Gasteiger partial charge in [0.05, 0.1) is 18.1 Å². The van der Waals surface area contributed by atoms with Gasteiger partial charge < -0.3 is 24.4 Å². The molecule has 3 heterocycles. The average Bonchev–Trinajstić information content (AvgIpc) is 3.46. The van der Waals surface area contributed by atoms with Gasteiger partial charge in [0.25, 0.3) is 0 Å². The van der Waals surface area contributed by atoms with E-state index in [-0.39, 0.29) is 30.4 Å². The molecule has 0 aromatic rings. The van der Waals surface area contributed by atoms with Crippen molar-refractivity contribution in [3.63, 3.8) is 0 Å². The van der Waals surface area contributed by atoms with Crippen LogP contribution < -0.4 is 0 Å². The van der Waals surface area contributed by atoms with Crippen LogP contribution in [0, 0.1) is 17.8 Å². The predicted octanol–water partition coefficient (Wildman–Crippen LogP) is 4.41. The number of ether oxygens (including phenoxy) is 2. The van der Waals surface area contributed by atoms with Gasteiger partial charge in [-0.3, -0.25) is 14.4 Å². The number of aliphatic hydroxyl groups excluding tert-OH is 1. The maximum atomic E-state index is 14.6. The average molecular weight is 559 g/mol. The Bertz CT molecular complexity index is 948. The van der Waals surface area contributed by atoms with Crippen molar-refractivity contribution in [3.8, 4) is 0 Å². The molecule has 8 heteroatoms. The fourth-order valence-electron chi connectivity index (χ4n) is 7.95. The number of allylic oxidation sites excluding steroid dienone is 1. The molecule has 4 rings (SSSR count). The Labute approximate surface area is 240 Å². The van der Waals surface area contributed by atoms with Crippen LogP contribution in [0.15, 0.2) is 25.3 Å². The number of amides is 2. The van der Waals surface area contributed by atoms with Crippen molar-refractivity contribution < 1.29 is 29.0 Å². The zero-order valence-corrected chi connectivity index (χ0v) is 24.7. The van der Waals surface area contributed by atoms with E-state index in [1.54, 1.807) is 11.0 Å². The summed E-state index contributed by atoms with van der Waals surface area (Å²) < 4.78 is 12.6. The largest absolute Gasteiger partial charge is 0.465 e. The summed E-state index contributed by atoms with van der Waals surface area (Å²) in [7, 11) is 0. The smallest absolute Gasteiger partial charge is 0.312 e. The molecule has 3 unspecified atom stereocenters. The third kappa shape index (κ3) is 5.50. The molecular formula is C32H50N2O6. The van der Waals surface area contributed by atoms with Crippen LogP contribution in [0.2, 0.25) is 0 Å². The highest BCUT2D eigenvalue weighted by atomic mass is 16.6. The van der Waals surface area contributed by atoms with Crippen LogP contribution in [0.5, 0.6) is 0 Å². The lowest BCUT2D eigenvalue weighted by Crippen LogP contribution is -2.58. The highest BCUT2D eigenvalue weighted by molar-refractivity contribution is 5.98. The van der Waals surface area contributed by atoms with Crippen LogP contribution >= 0.6 is 0 Å². The number of likely N-dealkylation sites (tertiary alicyclic amines) is 1. The number of unbranched alkanes of at least 4 members (excludes halogenated alkanes) is 4. The number of rotatable bonds is 15. The number of hydrogen-bond donors (Lipinski definition) is 1. The Kier molecular flexibility index (Phi) is 10.1. The molecule has 4 aliphatic rings. The molecule has 224 valence electrons. The highest BCUT2D eigenvalue weighted by Gasteiger charge is 2.80. The van der Waals surface area contributed by atoms with E-state index in [0.717, 1.165) is 51.4 Å². The Balaban J connectivity index is 1.66. The zero-order chi connectivity index (χ0) is 28.9. The van der Waals surface area contributed by atoms with Crippen LogP contribution in [0.3, 0.4) is 0 Å². The second-order valence-electron chi connectivity index (χ2n) is 12.5. The molecule has 4 fully saturated rings. The number of esters is 1. The standard InChI is InChI=1S/C32H50N2O6/c1-5-7-8-15-21-39-30(38)26-25-28(36)34(19-13-10-14-20-35)27(32(25)22-23(3)31(26,4)40-32)29(37)33(18-6-2)24-16-11-9-12-17-24/h5-6,23-27,35H,1-2,7-22H2,3-4H3/t23?,25-,26-,27?,31+,32?/m0/s1. The van der Waals surface area contributed by atoms with Crippen molar-refractivity contribution in [3.05, 3.63) is 25.3 Å². The van der Waals surface area contributed by atoms with Crippen molar-refractivity contribution in [1.29, 1.82) is 0 Å². The van der Waals surface area contributed by atoms with Gasteiger partial charge in [0, 0.05) is 25.7 Å². The van der Waals surface area contributed by atoms with Gasteiger partial charge in [-0.1, -0.05) is 38.3 Å². The van der Waals surface area contributed by atoms with Crippen molar-refractivity contribution in [2.24, 2.45) is 17.8 Å². The number of nitrogens with zero attached hydrogens (tertiary/aromatic N) is 2. The number of carbonyl (C=O) groups is 3. The monoisotopic (exact) mass is 558 g/mol. The molecule has 0 aromatic carbocycles. The summed E-state index contributed by atoms with van der Waals surface area (Å²) in [4.78, 5) is 46.2. The molecule has 0 radical (unpaired) electrons. The van der Waals surface area contributed by atoms with E-state index in [4.69, 9.17) is 9.47 Å².